The van der Waals surface area contributed by atoms with Gasteiger partial charge in [0.2, 0.25) is 11.8 Å². The van der Waals surface area contributed by atoms with Gasteiger partial charge in [0.25, 0.3) is 0 Å². The lowest BCUT2D eigenvalue weighted by Crippen LogP contribution is -2.57. The van der Waals surface area contributed by atoms with E-state index >= 15 is 0 Å². The molecule has 1 unspecified atom stereocenters. The Kier molecular flexibility index (Phi) is 3.50. The van der Waals surface area contributed by atoms with Crippen LogP contribution >= 0.6 is 0 Å². The molecule has 0 bridgehead atoms. The molecule has 1 N–H and O–H groups in total. The third kappa shape index (κ3) is 2.20. The molecule has 1 aliphatic rings. The van der Waals surface area contributed by atoms with Crippen molar-refractivity contribution in [1.29, 1.82) is 0 Å². The Hall–Kier alpha value is -0.900. The lowest BCUT2D eigenvalue weighted by molar-refractivity contribution is -0.159. The minimum absolute atomic E-state index is 0.126. The number of hydrogen-bond donors (Lipinski definition) is 1. The van der Waals surface area contributed by atoms with E-state index in [9.17, 15) is 14.7 Å². The number of hydrogen-bond acceptors (Lipinski definition) is 3. The van der Waals surface area contributed by atoms with Crippen molar-refractivity contribution in [2.24, 2.45) is 5.92 Å². The first-order valence-electron chi connectivity index (χ1n) is 5.41. The predicted octanol–water partition coefficient (Wildman–Crippen LogP) is 0.933. The van der Waals surface area contributed by atoms with Crippen molar-refractivity contribution in [1.82, 2.24) is 4.90 Å². The third-order valence-corrected chi connectivity index (χ3v) is 3.19. The molecule has 4 heteroatoms. The molecule has 1 rings (SSSR count). The molecule has 0 aromatic carbocycles. The molecule has 0 spiro atoms. The number of carbonyl (C=O) groups is 2. The average molecular weight is 213 g/mol. The van der Waals surface area contributed by atoms with Crippen LogP contribution in [-0.2, 0) is 9.59 Å². The summed E-state index contributed by atoms with van der Waals surface area (Å²) in [7, 11) is 0. The summed E-state index contributed by atoms with van der Waals surface area (Å²) in [4.78, 5) is 24.8. The van der Waals surface area contributed by atoms with Crippen LogP contribution in [0.5, 0.6) is 0 Å². The standard InChI is InChI=1S/C11H19NO3/c1-4-11(3,7-13)12-9(14)5-8(2)6-10(12)15/h8,13H,4-7H2,1-3H3. The minimum Gasteiger partial charge on any atom is -0.394 e. The highest BCUT2D eigenvalue weighted by Crippen LogP contribution is 2.27. The Morgan fingerprint density at radius 1 is 1.40 bits per heavy atom. The number of rotatable bonds is 3. The third-order valence-electron chi connectivity index (χ3n) is 3.19. The molecule has 1 aliphatic heterocycles. The number of aliphatic hydroxyl groups excluding tert-OH is 1. The zero-order valence-electron chi connectivity index (χ0n) is 9.62. The summed E-state index contributed by atoms with van der Waals surface area (Å²) in [6.45, 7) is 5.35. The van der Waals surface area contributed by atoms with E-state index in [0.29, 0.717) is 19.3 Å². The number of piperidine rings is 1. The highest BCUT2D eigenvalue weighted by molar-refractivity contribution is 5.98. The van der Waals surface area contributed by atoms with Gasteiger partial charge in [-0.15, -0.1) is 0 Å². The van der Waals surface area contributed by atoms with E-state index in [2.05, 4.69) is 0 Å². The Morgan fingerprint density at radius 2 is 1.87 bits per heavy atom. The van der Waals surface area contributed by atoms with E-state index in [1.807, 2.05) is 13.8 Å². The Morgan fingerprint density at radius 3 is 2.20 bits per heavy atom. The Labute approximate surface area is 90.3 Å². The van der Waals surface area contributed by atoms with E-state index in [-0.39, 0.29) is 24.3 Å². The highest BCUT2D eigenvalue weighted by Gasteiger charge is 2.41. The van der Waals surface area contributed by atoms with Crippen LogP contribution < -0.4 is 0 Å². The molecule has 0 radical (unpaired) electrons. The van der Waals surface area contributed by atoms with Crippen LogP contribution in [0.3, 0.4) is 0 Å². The lowest BCUT2D eigenvalue weighted by atomic mass is 9.90. The van der Waals surface area contributed by atoms with E-state index in [0.717, 1.165) is 0 Å². The molecule has 1 saturated heterocycles. The zero-order chi connectivity index (χ0) is 11.6. The quantitative estimate of drug-likeness (QED) is 0.710. The van der Waals surface area contributed by atoms with Crippen molar-refractivity contribution in [2.75, 3.05) is 6.61 Å². The number of amides is 2. The van der Waals surface area contributed by atoms with Crippen molar-refractivity contribution in [2.45, 2.75) is 45.6 Å². The minimum atomic E-state index is -0.728. The van der Waals surface area contributed by atoms with Crippen molar-refractivity contribution in [3.8, 4) is 0 Å². The van der Waals surface area contributed by atoms with Gasteiger partial charge in [-0.3, -0.25) is 14.5 Å². The summed E-state index contributed by atoms with van der Waals surface area (Å²) in [6, 6.07) is 0. The zero-order valence-corrected chi connectivity index (χ0v) is 9.62. The maximum absolute atomic E-state index is 11.8. The average Bonchev–Trinajstić information content (AvgIpc) is 2.15. The molecule has 2 amide bonds. The van der Waals surface area contributed by atoms with Gasteiger partial charge in [-0.25, -0.2) is 0 Å². The van der Waals surface area contributed by atoms with Gasteiger partial charge in [0, 0.05) is 12.8 Å². The van der Waals surface area contributed by atoms with Crippen LogP contribution in [-0.4, -0.2) is 34.0 Å². The molecule has 0 aliphatic carbocycles. The molecular weight excluding hydrogens is 194 g/mol. The normalized spacial score (nSPS) is 23.1. The number of likely N-dealkylation sites (tertiary alicyclic amines) is 1. The summed E-state index contributed by atoms with van der Waals surface area (Å²) in [5, 5.41) is 9.29. The number of nitrogens with zero attached hydrogens (tertiary/aromatic N) is 1. The van der Waals surface area contributed by atoms with Gasteiger partial charge in [-0.05, 0) is 19.3 Å². The van der Waals surface area contributed by atoms with E-state index in [4.69, 9.17) is 0 Å². The summed E-state index contributed by atoms with van der Waals surface area (Å²) in [6.07, 6.45) is 1.39. The van der Waals surface area contributed by atoms with E-state index in [1.165, 1.54) is 4.90 Å². The molecule has 0 saturated carbocycles. The molecule has 15 heavy (non-hydrogen) atoms. The van der Waals surface area contributed by atoms with Crippen LogP contribution in [0.25, 0.3) is 0 Å². The maximum atomic E-state index is 11.8. The largest absolute Gasteiger partial charge is 0.394 e. The van der Waals surface area contributed by atoms with Gasteiger partial charge in [0.15, 0.2) is 0 Å². The fourth-order valence-corrected chi connectivity index (χ4v) is 1.93. The van der Waals surface area contributed by atoms with Gasteiger partial charge >= 0.3 is 0 Å². The molecule has 1 heterocycles. The summed E-state index contributed by atoms with van der Waals surface area (Å²) in [5.41, 5.74) is -0.728. The van der Waals surface area contributed by atoms with Gasteiger partial charge in [0.1, 0.15) is 0 Å². The van der Waals surface area contributed by atoms with Crippen LogP contribution in [0.1, 0.15) is 40.0 Å². The number of carbonyl (C=O) groups excluding carboxylic acids is 2. The van der Waals surface area contributed by atoms with Crippen LogP contribution in [0, 0.1) is 5.92 Å². The fourth-order valence-electron chi connectivity index (χ4n) is 1.93. The van der Waals surface area contributed by atoms with Crippen molar-refractivity contribution < 1.29 is 14.7 Å². The second-order valence-electron chi connectivity index (χ2n) is 4.64. The molecule has 1 atom stereocenters. The van der Waals surface area contributed by atoms with Crippen molar-refractivity contribution in [3.05, 3.63) is 0 Å². The molecular formula is C11H19NO3. The monoisotopic (exact) mass is 213 g/mol. The summed E-state index contributed by atoms with van der Waals surface area (Å²) in [5.74, 6) is -0.185. The van der Waals surface area contributed by atoms with Gasteiger partial charge in [-0.2, -0.15) is 0 Å². The topological polar surface area (TPSA) is 57.6 Å². The number of imide groups is 1. The molecule has 86 valence electrons. The van der Waals surface area contributed by atoms with E-state index < -0.39 is 5.54 Å². The van der Waals surface area contributed by atoms with Gasteiger partial charge < -0.3 is 5.11 Å². The Bertz CT molecular complexity index is 253. The van der Waals surface area contributed by atoms with E-state index in [1.54, 1.807) is 6.92 Å². The highest BCUT2D eigenvalue weighted by atomic mass is 16.3. The molecule has 0 aromatic heterocycles. The van der Waals surface area contributed by atoms with Crippen LogP contribution in [0.2, 0.25) is 0 Å². The van der Waals surface area contributed by atoms with Crippen LogP contribution in [0.4, 0.5) is 0 Å². The van der Waals surface area contributed by atoms with Gasteiger partial charge in [0.05, 0.1) is 12.1 Å². The Balaban J connectivity index is 2.93. The van der Waals surface area contributed by atoms with Crippen LogP contribution in [0.15, 0.2) is 0 Å². The fraction of sp³-hybridized carbons (Fsp3) is 0.818. The second-order valence-corrected chi connectivity index (χ2v) is 4.64. The SMILES string of the molecule is CCC(C)(CO)N1C(=O)CC(C)CC1=O. The smallest absolute Gasteiger partial charge is 0.230 e. The second kappa shape index (κ2) is 4.31. The first kappa shape index (κ1) is 12.2. The first-order valence-corrected chi connectivity index (χ1v) is 5.41. The lowest BCUT2D eigenvalue weighted by Gasteiger charge is -2.41. The van der Waals surface area contributed by atoms with Gasteiger partial charge in [-0.1, -0.05) is 13.8 Å². The number of aliphatic hydroxyl groups is 1. The molecule has 0 aromatic rings. The summed E-state index contributed by atoms with van der Waals surface area (Å²) < 4.78 is 0. The molecule has 1 fully saturated rings. The first-order chi connectivity index (χ1) is 6.94. The molecule has 4 nitrogen and oxygen atoms in total. The van der Waals surface area contributed by atoms with Crippen molar-refractivity contribution >= 4 is 11.8 Å². The predicted molar refractivity (Wildman–Crippen MR) is 56.0 cm³/mol. The maximum Gasteiger partial charge on any atom is 0.230 e. The van der Waals surface area contributed by atoms with Crippen molar-refractivity contribution in [3.63, 3.8) is 0 Å². The summed E-state index contributed by atoms with van der Waals surface area (Å²) >= 11 is 0.